The zero-order chi connectivity index (χ0) is 21.4. The van der Waals surface area contributed by atoms with Gasteiger partial charge in [0.05, 0.1) is 12.1 Å². The third-order valence-electron chi connectivity index (χ3n) is 6.71. The smallest absolute Gasteiger partial charge is 0.263 e. The van der Waals surface area contributed by atoms with Gasteiger partial charge in [-0.05, 0) is 55.6 Å². The minimum absolute atomic E-state index is 0.115. The van der Waals surface area contributed by atoms with Crippen LogP contribution in [0.4, 0.5) is 0 Å². The van der Waals surface area contributed by atoms with Gasteiger partial charge in [0.15, 0.2) is 0 Å². The summed E-state index contributed by atoms with van der Waals surface area (Å²) in [5, 5.41) is 14.8. The lowest BCUT2D eigenvalue weighted by atomic mass is 9.77. The number of hydrogen-bond donors (Lipinski definition) is 1. The first kappa shape index (κ1) is 20.8. The van der Waals surface area contributed by atoms with Crippen LogP contribution in [0.3, 0.4) is 0 Å². The summed E-state index contributed by atoms with van der Waals surface area (Å²) >= 11 is 0. The molecule has 2 aromatic heterocycles. The van der Waals surface area contributed by atoms with E-state index in [0.717, 1.165) is 18.4 Å². The number of hydrogen-bond acceptors (Lipinski definition) is 5. The summed E-state index contributed by atoms with van der Waals surface area (Å²) in [6.07, 6.45) is 6.68. The molecule has 0 unspecified atom stereocenters. The van der Waals surface area contributed by atoms with Crippen LogP contribution in [0.2, 0.25) is 0 Å². The quantitative estimate of drug-likeness (QED) is 0.808. The molecule has 0 spiro atoms. The Morgan fingerprint density at radius 2 is 2.00 bits per heavy atom. The van der Waals surface area contributed by atoms with Crippen LogP contribution in [0.25, 0.3) is 0 Å². The number of pyridine rings is 1. The van der Waals surface area contributed by atoms with E-state index in [9.17, 15) is 14.7 Å². The van der Waals surface area contributed by atoms with E-state index in [2.05, 4.69) is 23.9 Å². The van der Waals surface area contributed by atoms with Gasteiger partial charge in [-0.3, -0.25) is 9.59 Å². The van der Waals surface area contributed by atoms with Crippen LogP contribution in [0.1, 0.15) is 55.1 Å². The number of aliphatic hydroxyl groups is 1. The molecule has 1 saturated carbocycles. The molecule has 4 atom stereocenters. The summed E-state index contributed by atoms with van der Waals surface area (Å²) in [6, 6.07) is 1.75. The number of likely N-dealkylation sites (tertiary alicyclic amines) is 1. The Morgan fingerprint density at radius 3 is 2.67 bits per heavy atom. The Labute approximate surface area is 176 Å². The average Bonchev–Trinajstić information content (AvgIpc) is 3.36. The predicted molar refractivity (Wildman–Crippen MR) is 112 cm³/mol. The Bertz CT molecular complexity index is 952. The Balaban J connectivity index is 1.52. The Kier molecular flexibility index (Phi) is 5.77. The van der Waals surface area contributed by atoms with E-state index in [1.807, 2.05) is 17.9 Å². The van der Waals surface area contributed by atoms with Crippen LogP contribution in [-0.2, 0) is 6.54 Å². The molecule has 2 aromatic rings. The Hall–Kier alpha value is -2.48. The second kappa shape index (κ2) is 8.34. The van der Waals surface area contributed by atoms with Crippen LogP contribution in [0.15, 0.2) is 29.7 Å². The van der Waals surface area contributed by atoms with E-state index in [-0.39, 0.29) is 29.0 Å². The van der Waals surface area contributed by atoms with Gasteiger partial charge < -0.3 is 14.6 Å². The third-order valence-corrected chi connectivity index (χ3v) is 6.71. The molecular weight excluding hydrogens is 382 g/mol. The van der Waals surface area contributed by atoms with Crippen LogP contribution in [0.5, 0.6) is 0 Å². The number of fused-ring (bicyclic) bond motifs is 1. The van der Waals surface area contributed by atoms with Crippen molar-refractivity contribution in [2.24, 2.45) is 17.8 Å². The van der Waals surface area contributed by atoms with Crippen molar-refractivity contribution in [3.05, 3.63) is 46.4 Å². The first-order valence-corrected chi connectivity index (χ1v) is 10.9. The van der Waals surface area contributed by atoms with Gasteiger partial charge in [0.1, 0.15) is 18.2 Å². The molecule has 2 fully saturated rings. The molecule has 0 bridgehead atoms. The number of carbonyl (C=O) groups is 1. The number of aryl methyl sites for hydroxylation is 2. The van der Waals surface area contributed by atoms with Gasteiger partial charge in [0, 0.05) is 25.8 Å². The van der Waals surface area contributed by atoms with Crippen molar-refractivity contribution in [1.82, 2.24) is 24.2 Å². The highest BCUT2D eigenvalue weighted by Gasteiger charge is 2.44. The monoisotopic (exact) mass is 413 g/mol. The molecule has 8 heteroatoms. The summed E-state index contributed by atoms with van der Waals surface area (Å²) in [6.45, 7) is 7.89. The maximum atomic E-state index is 13.3. The molecule has 0 aromatic carbocycles. The number of nitrogens with zero attached hydrogens (tertiary/aromatic N) is 5. The van der Waals surface area contributed by atoms with Gasteiger partial charge in [-0.25, -0.2) is 9.67 Å². The number of aliphatic hydroxyl groups excluding tert-OH is 1. The highest BCUT2D eigenvalue weighted by atomic mass is 16.3. The number of rotatable bonds is 5. The maximum absolute atomic E-state index is 13.3. The fourth-order valence-electron chi connectivity index (χ4n) is 4.90. The van der Waals surface area contributed by atoms with E-state index >= 15 is 0 Å². The van der Waals surface area contributed by atoms with Crippen LogP contribution in [-0.4, -0.2) is 54.4 Å². The molecule has 0 radical (unpaired) electrons. The minimum Gasteiger partial charge on any atom is -0.391 e. The van der Waals surface area contributed by atoms with E-state index in [1.165, 1.54) is 6.33 Å². The third kappa shape index (κ3) is 3.93. The van der Waals surface area contributed by atoms with Crippen molar-refractivity contribution >= 4 is 5.91 Å². The van der Waals surface area contributed by atoms with Gasteiger partial charge in [0.2, 0.25) is 0 Å². The first-order valence-electron chi connectivity index (χ1n) is 10.9. The number of aromatic nitrogens is 4. The molecule has 1 amide bonds. The average molecular weight is 414 g/mol. The summed E-state index contributed by atoms with van der Waals surface area (Å²) in [5.74, 6) is 0.843. The van der Waals surface area contributed by atoms with E-state index < -0.39 is 6.10 Å². The SMILES string of the molecule is Cc1ccn(CCC(C)C)c(=O)c1C(=O)N1C[C@H]2C[C@@H](n3cncn3)[C@H](O)C[C@H]2C1. The molecule has 4 rings (SSSR count). The van der Waals surface area contributed by atoms with Crippen molar-refractivity contribution in [2.75, 3.05) is 13.1 Å². The topological polar surface area (TPSA) is 93.3 Å². The van der Waals surface area contributed by atoms with E-state index in [1.54, 1.807) is 21.8 Å². The van der Waals surface area contributed by atoms with Crippen LogP contribution < -0.4 is 5.56 Å². The molecule has 1 aliphatic carbocycles. The first-order chi connectivity index (χ1) is 14.3. The lowest BCUT2D eigenvalue weighted by molar-refractivity contribution is 0.0304. The molecule has 162 valence electrons. The largest absolute Gasteiger partial charge is 0.391 e. The summed E-state index contributed by atoms with van der Waals surface area (Å²) in [4.78, 5) is 32.2. The zero-order valence-corrected chi connectivity index (χ0v) is 17.9. The van der Waals surface area contributed by atoms with Gasteiger partial charge in [0.25, 0.3) is 11.5 Å². The fraction of sp³-hybridized carbons (Fsp3) is 0.636. The lowest BCUT2D eigenvalue weighted by Crippen LogP contribution is -2.36. The summed E-state index contributed by atoms with van der Waals surface area (Å²) < 4.78 is 3.38. The van der Waals surface area contributed by atoms with Crippen molar-refractivity contribution in [3.63, 3.8) is 0 Å². The van der Waals surface area contributed by atoms with Gasteiger partial charge in [-0.1, -0.05) is 13.8 Å². The van der Waals surface area contributed by atoms with Crippen molar-refractivity contribution in [2.45, 2.75) is 58.7 Å². The molecule has 2 aliphatic rings. The normalized spacial score (nSPS) is 26.2. The summed E-state index contributed by atoms with van der Waals surface area (Å²) in [5.41, 5.74) is 0.811. The van der Waals surface area contributed by atoms with Crippen molar-refractivity contribution in [3.8, 4) is 0 Å². The summed E-state index contributed by atoms with van der Waals surface area (Å²) in [7, 11) is 0. The highest BCUT2D eigenvalue weighted by Crippen LogP contribution is 2.41. The van der Waals surface area contributed by atoms with Crippen molar-refractivity contribution in [1.29, 1.82) is 0 Å². The minimum atomic E-state index is -0.505. The molecule has 1 N–H and O–H groups in total. The maximum Gasteiger partial charge on any atom is 0.263 e. The molecule has 1 aliphatic heterocycles. The van der Waals surface area contributed by atoms with Gasteiger partial charge >= 0.3 is 0 Å². The van der Waals surface area contributed by atoms with Crippen molar-refractivity contribution < 1.29 is 9.90 Å². The van der Waals surface area contributed by atoms with Crippen LogP contribution >= 0.6 is 0 Å². The fourth-order valence-corrected chi connectivity index (χ4v) is 4.90. The molecule has 1 saturated heterocycles. The molecule has 30 heavy (non-hydrogen) atoms. The van der Waals surface area contributed by atoms with Crippen LogP contribution in [0, 0.1) is 24.7 Å². The standard InChI is InChI=1S/C22H31N5O3/c1-14(2)4-6-25-7-5-15(3)20(21(25)29)22(30)26-10-16-8-18(27-13-23-12-24-27)19(28)9-17(16)11-26/h5,7,12-14,16-19,28H,4,6,8-11H2,1-3H3/t16-,17+,18-,19-/m1/s1. The van der Waals surface area contributed by atoms with Gasteiger partial charge in [-0.15, -0.1) is 0 Å². The Morgan fingerprint density at radius 1 is 1.27 bits per heavy atom. The molecule has 3 heterocycles. The highest BCUT2D eigenvalue weighted by molar-refractivity contribution is 5.95. The second-order valence-electron chi connectivity index (χ2n) is 9.27. The second-order valence-corrected chi connectivity index (χ2v) is 9.27. The van der Waals surface area contributed by atoms with Gasteiger partial charge in [-0.2, -0.15) is 5.10 Å². The lowest BCUT2D eigenvalue weighted by Gasteiger charge is -2.34. The molecular formula is C22H31N5O3. The zero-order valence-electron chi connectivity index (χ0n) is 17.9. The van der Waals surface area contributed by atoms with E-state index in [4.69, 9.17) is 0 Å². The molecule has 8 nitrogen and oxygen atoms in total. The van der Waals surface area contributed by atoms with E-state index in [0.29, 0.717) is 37.9 Å². The number of amides is 1. The number of carbonyl (C=O) groups excluding carboxylic acids is 1. The predicted octanol–water partition coefficient (Wildman–Crippen LogP) is 1.88.